The largest absolute Gasteiger partial charge is 0.442 e. The fraction of sp³-hybridized carbons (Fsp3) is 0.611. The summed E-state index contributed by atoms with van der Waals surface area (Å²) in [5, 5.41) is 0. The number of aliphatic imine (C=N–C) groups is 1. The number of hydrogen-bond acceptors (Lipinski definition) is 4. The first-order valence-electron chi connectivity index (χ1n) is 8.82. The molecule has 2 N–H and O–H groups in total. The highest BCUT2D eigenvalue weighted by atomic mass is 32.2. The normalized spacial score (nSPS) is 17.5. The number of rotatable bonds is 9. The number of unbranched alkanes of at least 4 members (excludes halogenated alkanes) is 3. The predicted octanol–water partition coefficient (Wildman–Crippen LogP) is 3.27. The number of nitrogens with zero attached hydrogens (tertiary/aromatic N) is 1. The highest BCUT2D eigenvalue weighted by molar-refractivity contribution is 7.83. The van der Waals surface area contributed by atoms with Crippen molar-refractivity contribution >= 4 is 16.2 Å². The Hall–Kier alpha value is -1.44. The van der Waals surface area contributed by atoms with E-state index in [0.29, 0.717) is 6.42 Å². The molecule has 1 aliphatic heterocycles. The minimum absolute atomic E-state index is 0.150. The number of benzene rings is 1. The van der Waals surface area contributed by atoms with Crippen molar-refractivity contribution in [1.29, 1.82) is 0 Å². The van der Waals surface area contributed by atoms with Crippen molar-refractivity contribution in [2.45, 2.75) is 58.3 Å². The second-order valence-corrected chi connectivity index (χ2v) is 8.16. The Balaban J connectivity index is 2.03. The van der Waals surface area contributed by atoms with Crippen molar-refractivity contribution in [3.05, 3.63) is 29.3 Å². The van der Waals surface area contributed by atoms with Crippen LogP contribution in [0.1, 0.15) is 57.6 Å². The SMILES string of the molecule is CCCCCCN=C1Oc2ccc(CCNS(=O)(=O)O)cc2C1(C)C. The molecule has 0 atom stereocenters. The van der Waals surface area contributed by atoms with Crippen molar-refractivity contribution in [3.63, 3.8) is 0 Å². The summed E-state index contributed by atoms with van der Waals surface area (Å²) in [7, 11) is -4.15. The zero-order chi connectivity index (χ0) is 18.5. The molecule has 0 aliphatic carbocycles. The quantitative estimate of drug-likeness (QED) is 0.517. The summed E-state index contributed by atoms with van der Waals surface area (Å²) in [6.45, 7) is 7.29. The van der Waals surface area contributed by atoms with Crippen molar-refractivity contribution in [3.8, 4) is 5.75 Å². The minimum atomic E-state index is -4.15. The van der Waals surface area contributed by atoms with Crippen LogP contribution in [-0.4, -0.2) is 32.0 Å². The zero-order valence-electron chi connectivity index (χ0n) is 15.2. The maximum Gasteiger partial charge on any atom is 0.333 e. The van der Waals surface area contributed by atoms with Crippen LogP contribution in [-0.2, 0) is 22.1 Å². The summed E-state index contributed by atoms with van der Waals surface area (Å²) in [5.41, 5.74) is 1.74. The van der Waals surface area contributed by atoms with Crippen LogP contribution in [0.25, 0.3) is 0 Å². The summed E-state index contributed by atoms with van der Waals surface area (Å²) < 4.78 is 38.2. The van der Waals surface area contributed by atoms with Gasteiger partial charge in [0.2, 0.25) is 0 Å². The smallest absolute Gasteiger partial charge is 0.333 e. The molecule has 1 heterocycles. The number of ether oxygens (including phenoxy) is 1. The number of nitrogens with one attached hydrogen (secondary N) is 1. The fourth-order valence-corrected chi connectivity index (χ4v) is 3.29. The summed E-state index contributed by atoms with van der Waals surface area (Å²) in [5.74, 6) is 1.55. The Morgan fingerprint density at radius 1 is 1.24 bits per heavy atom. The Kier molecular flexibility index (Phi) is 6.59. The van der Waals surface area contributed by atoms with Crippen LogP contribution >= 0.6 is 0 Å². The lowest BCUT2D eigenvalue weighted by Crippen LogP contribution is -2.27. The van der Waals surface area contributed by atoms with Gasteiger partial charge in [-0.1, -0.05) is 38.3 Å². The van der Waals surface area contributed by atoms with Crippen molar-refractivity contribution in [2.24, 2.45) is 4.99 Å². The van der Waals surface area contributed by atoms with E-state index in [4.69, 9.17) is 9.29 Å². The van der Waals surface area contributed by atoms with Crippen molar-refractivity contribution < 1.29 is 17.7 Å². The molecule has 0 saturated carbocycles. The second-order valence-electron chi connectivity index (χ2n) is 6.92. The molecule has 0 aromatic heterocycles. The first-order valence-corrected chi connectivity index (χ1v) is 10.3. The lowest BCUT2D eigenvalue weighted by atomic mass is 9.84. The van der Waals surface area contributed by atoms with E-state index in [1.165, 1.54) is 19.3 Å². The van der Waals surface area contributed by atoms with Gasteiger partial charge in [0.1, 0.15) is 5.75 Å². The van der Waals surface area contributed by atoms with Gasteiger partial charge in [-0.3, -0.25) is 9.55 Å². The molecule has 0 amide bonds. The summed E-state index contributed by atoms with van der Waals surface area (Å²) >= 11 is 0. The lowest BCUT2D eigenvalue weighted by Gasteiger charge is -2.17. The number of fused-ring (bicyclic) bond motifs is 1. The minimum Gasteiger partial charge on any atom is -0.442 e. The van der Waals surface area contributed by atoms with E-state index in [1.807, 2.05) is 18.2 Å². The third kappa shape index (κ3) is 5.52. The van der Waals surface area contributed by atoms with Gasteiger partial charge in [-0.2, -0.15) is 13.1 Å². The van der Waals surface area contributed by atoms with E-state index in [0.717, 1.165) is 35.7 Å². The maximum atomic E-state index is 10.7. The van der Waals surface area contributed by atoms with Gasteiger partial charge in [0.05, 0.1) is 5.41 Å². The van der Waals surface area contributed by atoms with E-state index in [1.54, 1.807) is 0 Å². The molecule has 0 spiro atoms. The van der Waals surface area contributed by atoms with Crippen molar-refractivity contribution in [2.75, 3.05) is 13.1 Å². The molecule has 0 fully saturated rings. The Bertz CT molecular complexity index is 727. The Labute approximate surface area is 150 Å². The molecule has 1 aromatic rings. The van der Waals surface area contributed by atoms with E-state index < -0.39 is 10.3 Å². The van der Waals surface area contributed by atoms with Gasteiger partial charge >= 0.3 is 10.3 Å². The number of hydrogen-bond donors (Lipinski definition) is 2. The molecule has 6 nitrogen and oxygen atoms in total. The molecular formula is C18H28N2O4S. The standard InChI is InChI=1S/C18H28N2O4S/c1-4-5-6-7-11-19-17-18(2,3)15-13-14(8-9-16(15)24-17)10-12-20-25(21,22)23/h8-9,13,20H,4-7,10-12H2,1-3H3,(H,21,22,23). The third-order valence-corrected chi connectivity index (χ3v) is 4.99. The van der Waals surface area contributed by atoms with Gasteiger partial charge in [-0.15, -0.1) is 0 Å². The molecule has 25 heavy (non-hydrogen) atoms. The third-order valence-electron chi connectivity index (χ3n) is 4.42. The van der Waals surface area contributed by atoms with Crippen LogP contribution in [0.5, 0.6) is 5.75 Å². The molecule has 0 bridgehead atoms. The second kappa shape index (κ2) is 8.29. The monoisotopic (exact) mass is 368 g/mol. The Morgan fingerprint density at radius 2 is 2.00 bits per heavy atom. The van der Waals surface area contributed by atoms with Crippen LogP contribution in [0.4, 0.5) is 0 Å². The highest BCUT2D eigenvalue weighted by Gasteiger charge is 2.38. The van der Waals surface area contributed by atoms with Gasteiger partial charge in [0, 0.05) is 18.7 Å². The highest BCUT2D eigenvalue weighted by Crippen LogP contribution is 2.40. The predicted molar refractivity (Wildman–Crippen MR) is 99.8 cm³/mol. The molecule has 0 radical (unpaired) electrons. The molecule has 1 aliphatic rings. The van der Waals surface area contributed by atoms with E-state index in [-0.39, 0.29) is 12.0 Å². The van der Waals surface area contributed by atoms with Gasteiger partial charge < -0.3 is 4.74 Å². The van der Waals surface area contributed by atoms with Gasteiger partial charge in [-0.05, 0) is 38.3 Å². The topological polar surface area (TPSA) is 88.0 Å². The molecule has 2 rings (SSSR count). The molecular weight excluding hydrogens is 340 g/mol. The van der Waals surface area contributed by atoms with E-state index in [9.17, 15) is 8.42 Å². The van der Waals surface area contributed by atoms with Crippen molar-refractivity contribution in [1.82, 2.24) is 4.72 Å². The first-order chi connectivity index (χ1) is 11.7. The fourth-order valence-electron chi connectivity index (χ4n) is 2.93. The molecule has 0 saturated heterocycles. The zero-order valence-corrected chi connectivity index (χ0v) is 16.0. The summed E-state index contributed by atoms with van der Waals surface area (Å²) in [6, 6.07) is 5.84. The molecule has 7 heteroatoms. The van der Waals surface area contributed by atoms with Crippen LogP contribution in [0.15, 0.2) is 23.2 Å². The summed E-state index contributed by atoms with van der Waals surface area (Å²) in [4.78, 5) is 4.66. The van der Waals surface area contributed by atoms with Gasteiger partial charge in [0.25, 0.3) is 0 Å². The Morgan fingerprint density at radius 3 is 2.68 bits per heavy atom. The van der Waals surface area contributed by atoms with E-state index in [2.05, 4.69) is 30.5 Å². The van der Waals surface area contributed by atoms with Gasteiger partial charge in [0.15, 0.2) is 5.90 Å². The average molecular weight is 368 g/mol. The van der Waals surface area contributed by atoms with Crippen LogP contribution < -0.4 is 9.46 Å². The molecule has 140 valence electrons. The molecule has 0 unspecified atom stereocenters. The van der Waals surface area contributed by atoms with Gasteiger partial charge in [-0.25, -0.2) is 0 Å². The summed E-state index contributed by atoms with van der Waals surface area (Å²) in [6.07, 6.45) is 5.19. The van der Waals surface area contributed by atoms with Crippen LogP contribution in [0.3, 0.4) is 0 Å². The molecule has 1 aromatic carbocycles. The maximum absolute atomic E-state index is 10.7. The van der Waals surface area contributed by atoms with E-state index >= 15 is 0 Å². The van der Waals surface area contributed by atoms with Crippen LogP contribution in [0.2, 0.25) is 0 Å². The average Bonchev–Trinajstić information content (AvgIpc) is 2.77. The lowest BCUT2D eigenvalue weighted by molar-refractivity contribution is 0.468. The van der Waals surface area contributed by atoms with Crippen LogP contribution in [0, 0.1) is 0 Å². The first kappa shape index (κ1) is 19.9.